The van der Waals surface area contributed by atoms with E-state index in [4.69, 9.17) is 4.74 Å². The van der Waals surface area contributed by atoms with Crippen LogP contribution in [0.5, 0.6) is 0 Å². The van der Waals surface area contributed by atoms with Crippen molar-refractivity contribution in [2.75, 3.05) is 13.2 Å². The van der Waals surface area contributed by atoms with E-state index in [9.17, 15) is 0 Å². The van der Waals surface area contributed by atoms with Crippen LogP contribution in [-0.4, -0.2) is 25.3 Å². The highest BCUT2D eigenvalue weighted by atomic mass is 16.5. The predicted octanol–water partition coefficient (Wildman–Crippen LogP) is 1.86. The van der Waals surface area contributed by atoms with Gasteiger partial charge in [-0.2, -0.15) is 0 Å². The molecule has 0 aromatic carbocycles. The number of rotatable bonds is 3. The van der Waals surface area contributed by atoms with Crippen LogP contribution in [0.15, 0.2) is 11.6 Å². The molecule has 0 aromatic heterocycles. The third kappa shape index (κ3) is 2.32. The second-order valence-electron chi connectivity index (χ2n) is 4.10. The summed E-state index contributed by atoms with van der Waals surface area (Å²) >= 11 is 0. The lowest BCUT2D eigenvalue weighted by Crippen LogP contribution is -2.34. The first-order chi connectivity index (χ1) is 6.36. The van der Waals surface area contributed by atoms with Crippen molar-refractivity contribution in [3.8, 4) is 0 Å². The molecule has 1 N–H and O–H groups in total. The topological polar surface area (TPSA) is 21.3 Å². The van der Waals surface area contributed by atoms with Crippen LogP contribution in [0, 0.1) is 0 Å². The number of nitrogens with one attached hydrogen (secondary N) is 1. The molecule has 1 saturated carbocycles. The Hall–Kier alpha value is -0.340. The Kier molecular flexibility index (Phi) is 3.01. The predicted molar refractivity (Wildman–Crippen MR) is 53.8 cm³/mol. The molecule has 2 fully saturated rings. The van der Waals surface area contributed by atoms with Crippen LogP contribution in [0.25, 0.3) is 0 Å². The van der Waals surface area contributed by atoms with E-state index in [-0.39, 0.29) is 0 Å². The molecule has 2 heteroatoms. The quantitative estimate of drug-likeness (QED) is 0.671. The normalized spacial score (nSPS) is 33.2. The Labute approximate surface area is 80.4 Å². The van der Waals surface area contributed by atoms with Gasteiger partial charge in [-0.15, -0.1) is 0 Å². The van der Waals surface area contributed by atoms with E-state index in [1.165, 1.54) is 25.7 Å². The molecule has 2 aliphatic rings. The Morgan fingerprint density at radius 2 is 2.38 bits per heavy atom. The minimum atomic E-state index is 0.403. The first kappa shape index (κ1) is 9.22. The fourth-order valence-corrected chi connectivity index (χ4v) is 1.94. The zero-order chi connectivity index (χ0) is 9.10. The van der Waals surface area contributed by atoms with Gasteiger partial charge >= 0.3 is 0 Å². The maximum atomic E-state index is 5.48. The minimum Gasteiger partial charge on any atom is -0.377 e. The van der Waals surface area contributed by atoms with E-state index < -0.39 is 0 Å². The maximum absolute atomic E-state index is 5.48. The SMILES string of the molecule is C[C@H]1OCC[C@H]1NCC=C1CCC1. The molecule has 1 aliphatic heterocycles. The van der Waals surface area contributed by atoms with Crippen LogP contribution >= 0.6 is 0 Å². The van der Waals surface area contributed by atoms with E-state index in [1.54, 1.807) is 5.57 Å². The summed E-state index contributed by atoms with van der Waals surface area (Å²) < 4.78 is 5.48. The first-order valence-corrected chi connectivity index (χ1v) is 5.39. The van der Waals surface area contributed by atoms with Gasteiger partial charge in [0.15, 0.2) is 0 Å². The molecule has 74 valence electrons. The van der Waals surface area contributed by atoms with Crippen LogP contribution in [0.2, 0.25) is 0 Å². The van der Waals surface area contributed by atoms with Gasteiger partial charge in [-0.1, -0.05) is 11.6 Å². The average molecular weight is 181 g/mol. The van der Waals surface area contributed by atoms with Gasteiger partial charge in [0, 0.05) is 19.2 Å². The van der Waals surface area contributed by atoms with Crippen molar-refractivity contribution >= 4 is 0 Å². The number of hydrogen-bond acceptors (Lipinski definition) is 2. The lowest BCUT2D eigenvalue weighted by molar-refractivity contribution is 0.114. The summed E-state index contributed by atoms with van der Waals surface area (Å²) in [5.74, 6) is 0. The van der Waals surface area contributed by atoms with Crippen molar-refractivity contribution in [2.45, 2.75) is 44.8 Å². The molecule has 0 unspecified atom stereocenters. The van der Waals surface area contributed by atoms with E-state index in [0.717, 1.165) is 13.2 Å². The molecule has 0 aromatic rings. The van der Waals surface area contributed by atoms with Crippen molar-refractivity contribution in [1.29, 1.82) is 0 Å². The zero-order valence-electron chi connectivity index (χ0n) is 8.38. The smallest absolute Gasteiger partial charge is 0.0700 e. The summed E-state index contributed by atoms with van der Waals surface area (Å²) in [4.78, 5) is 0. The van der Waals surface area contributed by atoms with E-state index in [1.807, 2.05) is 0 Å². The zero-order valence-corrected chi connectivity index (χ0v) is 8.38. The molecule has 1 aliphatic carbocycles. The van der Waals surface area contributed by atoms with Crippen molar-refractivity contribution < 1.29 is 4.74 Å². The molecule has 1 heterocycles. The van der Waals surface area contributed by atoms with Gasteiger partial charge in [0.1, 0.15) is 0 Å². The molecule has 0 radical (unpaired) electrons. The summed E-state index contributed by atoms with van der Waals surface area (Å²) in [7, 11) is 0. The average Bonchev–Trinajstić information content (AvgIpc) is 2.42. The van der Waals surface area contributed by atoms with Crippen LogP contribution < -0.4 is 5.32 Å². The highest BCUT2D eigenvalue weighted by Gasteiger charge is 2.22. The lowest BCUT2D eigenvalue weighted by Gasteiger charge is -2.18. The largest absolute Gasteiger partial charge is 0.377 e. The lowest BCUT2D eigenvalue weighted by atomic mass is 9.92. The maximum Gasteiger partial charge on any atom is 0.0700 e. The van der Waals surface area contributed by atoms with Crippen LogP contribution in [0.1, 0.15) is 32.6 Å². The first-order valence-electron chi connectivity index (χ1n) is 5.39. The summed E-state index contributed by atoms with van der Waals surface area (Å²) in [6, 6.07) is 0.580. The Morgan fingerprint density at radius 3 is 2.92 bits per heavy atom. The third-order valence-electron chi connectivity index (χ3n) is 3.14. The van der Waals surface area contributed by atoms with Crippen LogP contribution in [-0.2, 0) is 4.74 Å². The molecule has 0 bridgehead atoms. The van der Waals surface area contributed by atoms with E-state index in [2.05, 4.69) is 18.3 Å². The molecule has 2 atom stereocenters. The summed E-state index contributed by atoms with van der Waals surface area (Å²) in [5, 5.41) is 3.53. The molecular weight excluding hydrogens is 162 g/mol. The van der Waals surface area contributed by atoms with Gasteiger partial charge in [-0.05, 0) is 32.6 Å². The number of ether oxygens (including phenoxy) is 1. The van der Waals surface area contributed by atoms with Crippen molar-refractivity contribution in [1.82, 2.24) is 5.32 Å². The van der Waals surface area contributed by atoms with E-state index >= 15 is 0 Å². The highest BCUT2D eigenvalue weighted by Crippen LogP contribution is 2.24. The van der Waals surface area contributed by atoms with Gasteiger partial charge < -0.3 is 10.1 Å². The van der Waals surface area contributed by atoms with Crippen LogP contribution in [0.3, 0.4) is 0 Å². The fourth-order valence-electron chi connectivity index (χ4n) is 1.94. The minimum absolute atomic E-state index is 0.403. The third-order valence-corrected chi connectivity index (χ3v) is 3.14. The van der Waals surface area contributed by atoms with Crippen molar-refractivity contribution in [2.24, 2.45) is 0 Å². The Morgan fingerprint density at radius 1 is 1.54 bits per heavy atom. The van der Waals surface area contributed by atoms with Gasteiger partial charge in [-0.25, -0.2) is 0 Å². The molecule has 13 heavy (non-hydrogen) atoms. The molecule has 0 spiro atoms. The fraction of sp³-hybridized carbons (Fsp3) is 0.818. The molecular formula is C11H19NO. The second kappa shape index (κ2) is 4.25. The van der Waals surface area contributed by atoms with Crippen molar-refractivity contribution in [3.05, 3.63) is 11.6 Å². The molecule has 2 nitrogen and oxygen atoms in total. The van der Waals surface area contributed by atoms with Crippen molar-refractivity contribution in [3.63, 3.8) is 0 Å². The van der Waals surface area contributed by atoms with Gasteiger partial charge in [0.25, 0.3) is 0 Å². The number of allylic oxidation sites excluding steroid dienone is 1. The molecule has 2 rings (SSSR count). The van der Waals surface area contributed by atoms with Crippen LogP contribution in [0.4, 0.5) is 0 Å². The van der Waals surface area contributed by atoms with Gasteiger partial charge in [0.2, 0.25) is 0 Å². The standard InChI is InChI=1S/C11H19NO/c1-9-11(6-8-13-9)12-7-5-10-3-2-4-10/h5,9,11-12H,2-4,6-8H2,1H3/t9-,11-/m1/s1. The summed E-state index contributed by atoms with van der Waals surface area (Å²) in [6.07, 6.45) is 7.99. The Balaban J connectivity index is 1.66. The summed E-state index contributed by atoms with van der Waals surface area (Å²) in [6.45, 7) is 4.12. The molecule has 1 saturated heterocycles. The molecule has 0 amide bonds. The van der Waals surface area contributed by atoms with E-state index in [0.29, 0.717) is 12.1 Å². The monoisotopic (exact) mass is 181 g/mol. The highest BCUT2D eigenvalue weighted by molar-refractivity contribution is 5.10. The Bertz CT molecular complexity index is 194. The summed E-state index contributed by atoms with van der Waals surface area (Å²) in [5.41, 5.74) is 1.64. The number of hydrogen-bond donors (Lipinski definition) is 1. The van der Waals surface area contributed by atoms with Gasteiger partial charge in [0.05, 0.1) is 6.10 Å². The second-order valence-corrected chi connectivity index (χ2v) is 4.10. The van der Waals surface area contributed by atoms with Gasteiger partial charge in [-0.3, -0.25) is 0 Å².